The first-order valence-corrected chi connectivity index (χ1v) is 9.48. The second-order valence-corrected chi connectivity index (χ2v) is 6.52. The molecule has 0 bridgehead atoms. The highest BCUT2D eigenvalue weighted by Crippen LogP contribution is 2.19. The molecule has 1 N–H and O–H groups in total. The summed E-state index contributed by atoms with van der Waals surface area (Å²) in [5, 5.41) is 3.23. The monoisotopic (exact) mass is 385 g/mol. The number of ether oxygens (including phenoxy) is 2. The van der Waals surface area contributed by atoms with Gasteiger partial charge in [0.1, 0.15) is 29.0 Å². The fraction of sp³-hybridized carbons (Fsp3) is 0.450. The topological polar surface area (TPSA) is 79.8 Å². The van der Waals surface area contributed by atoms with E-state index in [1.165, 1.54) is 0 Å². The molecule has 3 rings (SSSR count). The second-order valence-electron chi connectivity index (χ2n) is 6.52. The van der Waals surface area contributed by atoms with Crippen molar-refractivity contribution in [3.8, 4) is 11.5 Å². The van der Waals surface area contributed by atoms with Crippen molar-refractivity contribution in [2.24, 2.45) is 0 Å². The molecule has 8 heteroatoms. The Hall–Kier alpha value is -3.03. The molecule has 2 heterocycles. The van der Waals surface area contributed by atoms with Crippen LogP contribution in [0, 0.1) is 6.92 Å². The van der Waals surface area contributed by atoms with E-state index in [0.717, 1.165) is 42.8 Å². The Morgan fingerprint density at radius 3 is 2.43 bits per heavy atom. The van der Waals surface area contributed by atoms with Gasteiger partial charge in [0.25, 0.3) is 5.91 Å². The van der Waals surface area contributed by atoms with E-state index >= 15 is 0 Å². The van der Waals surface area contributed by atoms with E-state index in [2.05, 4.69) is 20.2 Å². The number of rotatable bonds is 7. The number of nitrogens with zero attached hydrogens (tertiary/aromatic N) is 4. The number of carbonyl (C=O) groups excluding carboxylic acids is 1. The number of amides is 1. The Bertz CT molecular complexity index is 789. The minimum atomic E-state index is -0.0114. The molecule has 28 heavy (non-hydrogen) atoms. The summed E-state index contributed by atoms with van der Waals surface area (Å²) in [6.45, 7) is 7.52. The highest BCUT2D eigenvalue weighted by atomic mass is 16.5. The van der Waals surface area contributed by atoms with Crippen LogP contribution in [0.25, 0.3) is 0 Å². The molecule has 0 atom stereocenters. The van der Waals surface area contributed by atoms with Crippen LogP contribution in [0.3, 0.4) is 0 Å². The van der Waals surface area contributed by atoms with Gasteiger partial charge in [0.2, 0.25) is 0 Å². The zero-order valence-electron chi connectivity index (χ0n) is 16.6. The molecule has 2 aromatic rings. The van der Waals surface area contributed by atoms with Gasteiger partial charge in [-0.05, 0) is 38.1 Å². The molecule has 1 saturated heterocycles. The maximum atomic E-state index is 12.5. The Kier molecular flexibility index (Phi) is 6.52. The third kappa shape index (κ3) is 5.03. The molecule has 0 radical (unpaired) electrons. The molecular formula is C20H27N5O3. The molecule has 1 aliphatic rings. The number of hydrogen-bond acceptors (Lipinski definition) is 7. The largest absolute Gasteiger partial charge is 0.497 e. The molecule has 1 aromatic heterocycles. The van der Waals surface area contributed by atoms with Crippen LogP contribution in [0.2, 0.25) is 0 Å². The first-order chi connectivity index (χ1) is 13.6. The second kappa shape index (κ2) is 9.25. The summed E-state index contributed by atoms with van der Waals surface area (Å²) in [6.07, 6.45) is 0. The first-order valence-electron chi connectivity index (χ1n) is 9.48. The van der Waals surface area contributed by atoms with E-state index in [4.69, 9.17) is 9.47 Å². The maximum Gasteiger partial charge on any atom is 0.260 e. The Morgan fingerprint density at radius 2 is 1.79 bits per heavy atom. The fourth-order valence-corrected chi connectivity index (χ4v) is 3.08. The van der Waals surface area contributed by atoms with Gasteiger partial charge < -0.3 is 24.6 Å². The van der Waals surface area contributed by atoms with E-state index in [1.54, 1.807) is 19.2 Å². The summed E-state index contributed by atoms with van der Waals surface area (Å²) < 4.78 is 10.7. The molecule has 0 unspecified atom stereocenters. The molecule has 8 nitrogen and oxygen atoms in total. The number of aryl methyl sites for hydroxylation is 1. The van der Waals surface area contributed by atoms with Gasteiger partial charge in [-0.3, -0.25) is 4.79 Å². The van der Waals surface area contributed by atoms with Crippen molar-refractivity contribution in [3.05, 3.63) is 36.2 Å². The molecule has 1 amide bonds. The normalized spacial score (nSPS) is 14.0. The number of methoxy groups -OCH3 is 1. The molecule has 0 spiro atoms. The number of aromatic nitrogens is 2. The maximum absolute atomic E-state index is 12.5. The molecule has 1 aliphatic heterocycles. The van der Waals surface area contributed by atoms with Crippen LogP contribution in [-0.2, 0) is 4.79 Å². The number of piperazine rings is 1. The van der Waals surface area contributed by atoms with Gasteiger partial charge in [-0.25, -0.2) is 9.97 Å². The lowest BCUT2D eigenvalue weighted by atomic mass is 10.3. The lowest BCUT2D eigenvalue weighted by Crippen LogP contribution is -2.50. The van der Waals surface area contributed by atoms with Gasteiger partial charge in [-0.1, -0.05) is 0 Å². The highest BCUT2D eigenvalue weighted by Gasteiger charge is 2.22. The SMILES string of the molecule is CCNc1cc(N2CCN(C(=O)COc3ccc(OC)cc3)CC2)nc(C)n1. The van der Waals surface area contributed by atoms with Gasteiger partial charge in [0.15, 0.2) is 6.61 Å². The average molecular weight is 385 g/mol. The van der Waals surface area contributed by atoms with Crippen LogP contribution in [0.4, 0.5) is 11.6 Å². The van der Waals surface area contributed by atoms with Crippen molar-refractivity contribution < 1.29 is 14.3 Å². The summed E-state index contributed by atoms with van der Waals surface area (Å²) >= 11 is 0. The van der Waals surface area contributed by atoms with Crippen LogP contribution >= 0.6 is 0 Å². The summed E-state index contributed by atoms with van der Waals surface area (Å²) in [6, 6.07) is 9.17. The van der Waals surface area contributed by atoms with Gasteiger partial charge in [0.05, 0.1) is 7.11 Å². The lowest BCUT2D eigenvalue weighted by Gasteiger charge is -2.35. The fourth-order valence-electron chi connectivity index (χ4n) is 3.08. The van der Waals surface area contributed by atoms with Gasteiger partial charge >= 0.3 is 0 Å². The van der Waals surface area contributed by atoms with Crippen LogP contribution in [-0.4, -0.2) is 67.2 Å². The molecular weight excluding hydrogens is 358 g/mol. The molecule has 150 valence electrons. The first kappa shape index (κ1) is 19.7. The van der Waals surface area contributed by atoms with Crippen LogP contribution in [0.15, 0.2) is 30.3 Å². The number of hydrogen-bond donors (Lipinski definition) is 1. The summed E-state index contributed by atoms with van der Waals surface area (Å²) in [4.78, 5) is 25.4. The van der Waals surface area contributed by atoms with E-state index < -0.39 is 0 Å². The van der Waals surface area contributed by atoms with Crippen molar-refractivity contribution in [1.29, 1.82) is 0 Å². The summed E-state index contributed by atoms with van der Waals surface area (Å²) in [5.74, 6) is 3.86. The van der Waals surface area contributed by atoms with Crippen LogP contribution in [0.5, 0.6) is 11.5 Å². The van der Waals surface area contributed by atoms with Crippen molar-refractivity contribution in [2.45, 2.75) is 13.8 Å². The quantitative estimate of drug-likeness (QED) is 0.780. The van der Waals surface area contributed by atoms with E-state index in [-0.39, 0.29) is 12.5 Å². The predicted molar refractivity (Wildman–Crippen MR) is 108 cm³/mol. The average Bonchev–Trinajstić information content (AvgIpc) is 2.72. The standard InChI is InChI=1S/C20H27N5O3/c1-4-21-18-13-19(23-15(2)22-18)24-9-11-25(12-10-24)20(26)14-28-17-7-5-16(27-3)6-8-17/h5-8,13H,4,9-12,14H2,1-3H3,(H,21,22,23). The Balaban J connectivity index is 1.51. The number of anilines is 2. The number of benzene rings is 1. The third-order valence-electron chi connectivity index (χ3n) is 4.56. The van der Waals surface area contributed by atoms with Crippen LogP contribution in [0.1, 0.15) is 12.7 Å². The minimum absolute atomic E-state index is 0.0114. The van der Waals surface area contributed by atoms with Gasteiger partial charge in [-0.15, -0.1) is 0 Å². The number of nitrogens with one attached hydrogen (secondary N) is 1. The van der Waals surface area contributed by atoms with Gasteiger partial charge in [-0.2, -0.15) is 0 Å². The smallest absolute Gasteiger partial charge is 0.260 e. The molecule has 1 aromatic carbocycles. The zero-order chi connectivity index (χ0) is 19.9. The van der Waals surface area contributed by atoms with Crippen molar-refractivity contribution in [2.75, 3.05) is 56.7 Å². The molecule has 0 saturated carbocycles. The minimum Gasteiger partial charge on any atom is -0.497 e. The van der Waals surface area contributed by atoms with Crippen LogP contribution < -0.4 is 19.7 Å². The predicted octanol–water partition coefficient (Wildman–Crippen LogP) is 1.95. The third-order valence-corrected chi connectivity index (χ3v) is 4.56. The summed E-state index contributed by atoms with van der Waals surface area (Å²) in [5.41, 5.74) is 0. The van der Waals surface area contributed by atoms with Crippen molar-refractivity contribution in [1.82, 2.24) is 14.9 Å². The summed E-state index contributed by atoms with van der Waals surface area (Å²) in [7, 11) is 1.61. The molecule has 1 fully saturated rings. The van der Waals surface area contributed by atoms with Crippen molar-refractivity contribution >= 4 is 17.5 Å². The number of carbonyl (C=O) groups is 1. The Labute approximate surface area is 165 Å². The van der Waals surface area contributed by atoms with E-state index in [0.29, 0.717) is 18.8 Å². The van der Waals surface area contributed by atoms with Gasteiger partial charge in [0, 0.05) is 38.8 Å². The lowest BCUT2D eigenvalue weighted by molar-refractivity contribution is -0.133. The highest BCUT2D eigenvalue weighted by molar-refractivity contribution is 5.78. The van der Waals surface area contributed by atoms with E-state index in [1.807, 2.05) is 36.9 Å². The zero-order valence-corrected chi connectivity index (χ0v) is 16.6. The van der Waals surface area contributed by atoms with Crippen molar-refractivity contribution in [3.63, 3.8) is 0 Å². The Morgan fingerprint density at radius 1 is 1.11 bits per heavy atom. The molecule has 0 aliphatic carbocycles. The van der Waals surface area contributed by atoms with E-state index in [9.17, 15) is 4.79 Å².